The molecule has 0 saturated carbocycles. The third-order valence-electron chi connectivity index (χ3n) is 5.07. The molecule has 1 saturated heterocycles. The molecule has 1 aromatic carbocycles. The summed E-state index contributed by atoms with van der Waals surface area (Å²) in [7, 11) is 0. The maximum Gasteiger partial charge on any atom is 0.308 e. The van der Waals surface area contributed by atoms with E-state index in [0.717, 1.165) is 11.8 Å². The summed E-state index contributed by atoms with van der Waals surface area (Å²) in [5.41, 5.74) is -1.87. The fourth-order valence-electron chi connectivity index (χ4n) is 3.80. The van der Waals surface area contributed by atoms with Gasteiger partial charge in [-0.2, -0.15) is 0 Å². The summed E-state index contributed by atoms with van der Waals surface area (Å²) in [5.74, 6) is -2.61. The lowest BCUT2D eigenvalue weighted by molar-refractivity contribution is -0.157. The van der Waals surface area contributed by atoms with Crippen LogP contribution in [0.5, 0.6) is 0 Å². The first-order chi connectivity index (χ1) is 14.0. The molecule has 1 fully saturated rings. The minimum atomic E-state index is -1.64. The van der Waals surface area contributed by atoms with Crippen LogP contribution in [0.15, 0.2) is 34.7 Å². The highest BCUT2D eigenvalue weighted by atomic mass is 32.2. The lowest BCUT2D eigenvalue weighted by atomic mass is 9.78. The Hall–Kier alpha value is -2.94. The number of fused-ring (bicyclic) bond motifs is 2. The van der Waals surface area contributed by atoms with Gasteiger partial charge in [0.25, 0.3) is 5.91 Å². The zero-order valence-corrected chi connectivity index (χ0v) is 17.5. The number of hydrogen-bond acceptors (Lipinski definition) is 7. The number of carbonyl (C=O) groups is 5. The van der Waals surface area contributed by atoms with Crippen LogP contribution in [0.1, 0.15) is 47.9 Å². The fraction of sp³-hybridized carbons (Fsp3) is 0.381. The maximum atomic E-state index is 13.2. The molecule has 4 rings (SSSR count). The Labute approximate surface area is 176 Å². The number of esters is 1. The van der Waals surface area contributed by atoms with Crippen molar-refractivity contribution in [3.63, 3.8) is 0 Å². The topological polar surface area (TPSA) is 119 Å². The van der Waals surface area contributed by atoms with E-state index in [0.29, 0.717) is 0 Å². The number of ether oxygens (including phenoxy) is 1. The van der Waals surface area contributed by atoms with Crippen molar-refractivity contribution in [3.8, 4) is 0 Å². The van der Waals surface area contributed by atoms with Gasteiger partial charge in [-0.25, -0.2) is 0 Å². The van der Waals surface area contributed by atoms with Gasteiger partial charge in [0.05, 0.1) is 16.9 Å². The number of amides is 2. The van der Waals surface area contributed by atoms with Crippen LogP contribution in [-0.2, 0) is 19.1 Å². The van der Waals surface area contributed by atoms with Gasteiger partial charge in [0.15, 0.2) is 11.3 Å². The summed E-state index contributed by atoms with van der Waals surface area (Å²) in [6, 6.07) is 5.29. The van der Waals surface area contributed by atoms with Crippen LogP contribution in [0.25, 0.3) is 0 Å². The van der Waals surface area contributed by atoms with E-state index in [-0.39, 0.29) is 39.6 Å². The second-order valence-electron chi connectivity index (χ2n) is 8.41. The molecule has 1 aromatic rings. The van der Waals surface area contributed by atoms with E-state index >= 15 is 0 Å². The molecule has 2 aliphatic heterocycles. The average Bonchev–Trinajstić information content (AvgIpc) is 3.03. The molecule has 2 N–H and O–H groups in total. The maximum absolute atomic E-state index is 13.2. The number of piperazine rings is 1. The molecule has 1 spiro atoms. The molecule has 156 valence electrons. The molecule has 2 heterocycles. The van der Waals surface area contributed by atoms with E-state index < -0.39 is 40.7 Å². The van der Waals surface area contributed by atoms with Crippen LogP contribution in [0.3, 0.4) is 0 Å². The highest BCUT2D eigenvalue weighted by molar-refractivity contribution is 8.04. The highest BCUT2D eigenvalue weighted by Gasteiger charge is 2.58. The van der Waals surface area contributed by atoms with Crippen LogP contribution in [0, 0.1) is 0 Å². The van der Waals surface area contributed by atoms with Crippen LogP contribution in [0.4, 0.5) is 0 Å². The third kappa shape index (κ3) is 3.13. The average molecular weight is 428 g/mol. The molecule has 30 heavy (non-hydrogen) atoms. The number of thioether (sulfide) groups is 1. The van der Waals surface area contributed by atoms with Crippen molar-refractivity contribution in [2.24, 2.45) is 0 Å². The van der Waals surface area contributed by atoms with Gasteiger partial charge in [-0.15, -0.1) is 11.8 Å². The molecule has 3 aliphatic rings. The number of nitrogens with one attached hydrogen (secondary N) is 2. The van der Waals surface area contributed by atoms with Crippen LogP contribution < -0.4 is 10.6 Å². The number of carbonyl (C=O) groups excluding carboxylic acids is 5. The first-order valence-corrected chi connectivity index (χ1v) is 10.4. The van der Waals surface area contributed by atoms with E-state index in [4.69, 9.17) is 4.74 Å². The van der Waals surface area contributed by atoms with Crippen molar-refractivity contribution >= 4 is 41.1 Å². The second-order valence-corrected chi connectivity index (χ2v) is 9.39. The summed E-state index contributed by atoms with van der Waals surface area (Å²) < 4.78 is 5.21. The molecule has 0 radical (unpaired) electrons. The largest absolute Gasteiger partial charge is 0.460 e. The first-order valence-electron chi connectivity index (χ1n) is 9.44. The lowest BCUT2D eigenvalue weighted by Gasteiger charge is -2.38. The Bertz CT molecular complexity index is 1050. The van der Waals surface area contributed by atoms with E-state index in [9.17, 15) is 24.0 Å². The normalized spacial score (nSPS) is 25.6. The highest BCUT2D eigenvalue weighted by Crippen LogP contribution is 2.46. The first kappa shape index (κ1) is 20.3. The van der Waals surface area contributed by atoms with Crippen molar-refractivity contribution in [3.05, 3.63) is 45.9 Å². The third-order valence-corrected chi connectivity index (χ3v) is 6.33. The van der Waals surface area contributed by atoms with E-state index in [1.807, 2.05) is 0 Å². The molecular weight excluding hydrogens is 408 g/mol. The summed E-state index contributed by atoms with van der Waals surface area (Å²) in [4.78, 5) is 64.1. The molecule has 0 aromatic heterocycles. The number of ketones is 2. The summed E-state index contributed by atoms with van der Waals surface area (Å²) >= 11 is 1.08. The molecule has 0 bridgehead atoms. The van der Waals surface area contributed by atoms with Gasteiger partial charge < -0.3 is 15.4 Å². The summed E-state index contributed by atoms with van der Waals surface area (Å²) in [5, 5.41) is 5.18. The molecular formula is C21H20N2O6S. The van der Waals surface area contributed by atoms with Gasteiger partial charge in [-0.3, -0.25) is 24.0 Å². The molecule has 2 atom stereocenters. The predicted octanol–water partition coefficient (Wildman–Crippen LogP) is 1.15. The second kappa shape index (κ2) is 6.80. The van der Waals surface area contributed by atoms with Crippen molar-refractivity contribution in [1.29, 1.82) is 0 Å². The summed E-state index contributed by atoms with van der Waals surface area (Å²) in [6.07, 6.45) is -0.334. The van der Waals surface area contributed by atoms with Crippen LogP contribution in [0.2, 0.25) is 0 Å². The van der Waals surface area contributed by atoms with Crippen molar-refractivity contribution in [2.45, 2.75) is 44.4 Å². The minimum Gasteiger partial charge on any atom is -0.460 e. The fourth-order valence-corrected chi connectivity index (χ4v) is 5.16. The molecule has 9 heteroatoms. The number of benzene rings is 1. The predicted molar refractivity (Wildman–Crippen MR) is 108 cm³/mol. The Kier molecular flexibility index (Phi) is 4.61. The monoisotopic (exact) mass is 428 g/mol. The van der Waals surface area contributed by atoms with E-state index in [1.54, 1.807) is 39.0 Å². The summed E-state index contributed by atoms with van der Waals surface area (Å²) in [6.45, 7) is 5.10. The lowest BCUT2D eigenvalue weighted by Crippen LogP contribution is -2.71. The Morgan fingerprint density at radius 2 is 1.77 bits per heavy atom. The van der Waals surface area contributed by atoms with Crippen molar-refractivity contribution in [1.82, 2.24) is 10.6 Å². The van der Waals surface area contributed by atoms with Crippen LogP contribution in [-0.4, -0.2) is 52.3 Å². The number of Topliss-reactive ketones (excluding diaryl/α,β-unsaturated/α-hetero) is 2. The molecule has 1 aliphatic carbocycles. The Morgan fingerprint density at radius 1 is 1.13 bits per heavy atom. The molecule has 2 amide bonds. The zero-order valence-electron chi connectivity index (χ0n) is 16.7. The SMILES string of the molecule is CC(C)(C)OC(=O)C[C@@H]1NC(=O)[C@]2(CSC3=C2C(=O)c2ccccc2C3=O)NC1=O. The van der Waals surface area contributed by atoms with Crippen molar-refractivity contribution < 1.29 is 28.7 Å². The minimum absolute atomic E-state index is 0.00207. The van der Waals surface area contributed by atoms with Gasteiger partial charge in [0.1, 0.15) is 11.6 Å². The number of allylic oxidation sites excluding steroid dienone is 1. The zero-order chi connectivity index (χ0) is 21.8. The van der Waals surface area contributed by atoms with Gasteiger partial charge in [-0.1, -0.05) is 24.3 Å². The van der Waals surface area contributed by atoms with E-state index in [1.165, 1.54) is 6.07 Å². The van der Waals surface area contributed by atoms with Gasteiger partial charge in [-0.05, 0) is 20.8 Å². The number of rotatable bonds is 2. The van der Waals surface area contributed by atoms with Gasteiger partial charge >= 0.3 is 5.97 Å². The quantitative estimate of drug-likeness (QED) is 0.679. The Morgan fingerprint density at radius 3 is 2.40 bits per heavy atom. The van der Waals surface area contributed by atoms with E-state index in [2.05, 4.69) is 10.6 Å². The molecule has 8 nitrogen and oxygen atoms in total. The standard InChI is InChI=1S/C21H20N2O6S/c1-20(2,3)29-13(24)8-12-18(27)23-21(19(28)22-12)9-30-17-14(21)15(25)10-6-4-5-7-11(10)16(17)26/h4-7,12H,8-9H2,1-3H3,(H,22,28)(H,23,27)/t12-,21+/m0/s1. The van der Waals surface area contributed by atoms with Crippen molar-refractivity contribution in [2.75, 3.05) is 5.75 Å². The number of hydrogen-bond donors (Lipinski definition) is 2. The smallest absolute Gasteiger partial charge is 0.308 e. The van der Waals surface area contributed by atoms with Gasteiger partial charge in [0, 0.05) is 16.9 Å². The Balaban J connectivity index is 1.62. The van der Waals surface area contributed by atoms with Crippen LogP contribution >= 0.6 is 11.8 Å². The molecule has 0 unspecified atom stereocenters. The van der Waals surface area contributed by atoms with Gasteiger partial charge in [0.2, 0.25) is 11.7 Å².